The van der Waals surface area contributed by atoms with Gasteiger partial charge in [0.2, 0.25) is 0 Å². The fourth-order valence-electron chi connectivity index (χ4n) is 1.80. The first-order valence-corrected chi connectivity index (χ1v) is 6.66. The van der Waals surface area contributed by atoms with E-state index in [1.54, 1.807) is 0 Å². The predicted molar refractivity (Wildman–Crippen MR) is 70.1 cm³/mol. The van der Waals surface area contributed by atoms with E-state index in [9.17, 15) is 13.6 Å². The number of nitrogens with one attached hydrogen (secondary N) is 2. The molecule has 0 saturated carbocycles. The second-order valence-corrected chi connectivity index (χ2v) is 5.07. The molecule has 1 saturated heterocycles. The molecular weight excluding hydrogens is 322 g/mol. The van der Waals surface area contributed by atoms with Gasteiger partial charge in [0, 0.05) is 19.2 Å². The number of hydrogen-bond donors (Lipinski definition) is 2. The van der Waals surface area contributed by atoms with Crippen molar-refractivity contribution in [1.82, 2.24) is 5.32 Å². The quantitative estimate of drug-likeness (QED) is 0.835. The Bertz CT molecular complexity index is 479. The van der Waals surface area contributed by atoms with Crippen molar-refractivity contribution >= 4 is 27.6 Å². The molecule has 2 amide bonds. The van der Waals surface area contributed by atoms with E-state index in [0.717, 1.165) is 12.8 Å². The van der Waals surface area contributed by atoms with Gasteiger partial charge in [0.25, 0.3) is 0 Å². The maximum Gasteiger partial charge on any atom is 0.319 e. The molecule has 1 aliphatic heterocycles. The standard InChI is InChI=1S/C12H13BrF2N2O2/c13-8-4-11(10(15)5-9(8)14)17-12(18)16-6-7-2-1-3-19-7/h4-5,7H,1-3,6H2,(H2,16,17,18)/t7-/m1/s1. The van der Waals surface area contributed by atoms with Crippen LogP contribution in [0.15, 0.2) is 16.6 Å². The summed E-state index contributed by atoms with van der Waals surface area (Å²) in [4.78, 5) is 11.6. The third-order valence-corrected chi connectivity index (χ3v) is 3.38. The lowest BCUT2D eigenvalue weighted by atomic mass is 10.2. The monoisotopic (exact) mass is 334 g/mol. The summed E-state index contributed by atoms with van der Waals surface area (Å²) in [5.74, 6) is -1.55. The molecule has 4 nitrogen and oxygen atoms in total. The molecular formula is C12H13BrF2N2O2. The predicted octanol–water partition coefficient (Wildman–Crippen LogP) is 3.03. The average molecular weight is 335 g/mol. The highest BCUT2D eigenvalue weighted by Crippen LogP contribution is 2.23. The van der Waals surface area contributed by atoms with Gasteiger partial charge in [-0.2, -0.15) is 0 Å². The van der Waals surface area contributed by atoms with E-state index in [-0.39, 0.29) is 16.3 Å². The molecule has 0 aromatic heterocycles. The summed E-state index contributed by atoms with van der Waals surface area (Å²) in [5.41, 5.74) is -0.0851. The van der Waals surface area contributed by atoms with Crippen LogP contribution < -0.4 is 10.6 Å². The first kappa shape index (κ1) is 14.2. The van der Waals surface area contributed by atoms with E-state index < -0.39 is 17.7 Å². The Kier molecular flexibility index (Phi) is 4.71. The van der Waals surface area contributed by atoms with E-state index in [4.69, 9.17) is 4.74 Å². The number of carbonyl (C=O) groups excluding carboxylic acids is 1. The molecule has 1 aliphatic rings. The maximum absolute atomic E-state index is 13.4. The van der Waals surface area contributed by atoms with E-state index in [2.05, 4.69) is 26.6 Å². The minimum Gasteiger partial charge on any atom is -0.376 e. The molecule has 1 aromatic rings. The second-order valence-electron chi connectivity index (χ2n) is 4.22. The highest BCUT2D eigenvalue weighted by Gasteiger charge is 2.17. The van der Waals surface area contributed by atoms with Gasteiger partial charge in [0.15, 0.2) is 0 Å². The van der Waals surface area contributed by atoms with Gasteiger partial charge in [-0.1, -0.05) is 0 Å². The molecule has 1 aromatic carbocycles. The van der Waals surface area contributed by atoms with Crippen molar-refractivity contribution in [2.45, 2.75) is 18.9 Å². The van der Waals surface area contributed by atoms with Crippen LogP contribution in [-0.2, 0) is 4.74 Å². The normalized spacial score (nSPS) is 18.4. The number of rotatable bonds is 3. The Morgan fingerprint density at radius 2 is 2.21 bits per heavy atom. The number of carbonyl (C=O) groups is 1. The van der Waals surface area contributed by atoms with Gasteiger partial charge >= 0.3 is 6.03 Å². The van der Waals surface area contributed by atoms with Crippen molar-refractivity contribution in [1.29, 1.82) is 0 Å². The van der Waals surface area contributed by atoms with Crippen LogP contribution in [0.2, 0.25) is 0 Å². The number of anilines is 1. The van der Waals surface area contributed by atoms with Gasteiger partial charge in [-0.25, -0.2) is 13.6 Å². The maximum atomic E-state index is 13.4. The van der Waals surface area contributed by atoms with Crippen LogP contribution in [0.4, 0.5) is 19.3 Å². The molecule has 19 heavy (non-hydrogen) atoms. The Balaban J connectivity index is 1.89. The van der Waals surface area contributed by atoms with Crippen LogP contribution in [0, 0.1) is 11.6 Å². The van der Waals surface area contributed by atoms with Crippen molar-refractivity contribution in [3.8, 4) is 0 Å². The molecule has 2 N–H and O–H groups in total. The highest BCUT2D eigenvalue weighted by atomic mass is 79.9. The van der Waals surface area contributed by atoms with Crippen LogP contribution in [0.1, 0.15) is 12.8 Å². The number of urea groups is 1. The molecule has 104 valence electrons. The summed E-state index contributed by atoms with van der Waals surface area (Å²) >= 11 is 2.93. The number of ether oxygens (including phenoxy) is 1. The Morgan fingerprint density at radius 3 is 2.89 bits per heavy atom. The van der Waals surface area contributed by atoms with Gasteiger partial charge < -0.3 is 15.4 Å². The topological polar surface area (TPSA) is 50.4 Å². The van der Waals surface area contributed by atoms with Gasteiger partial charge in [-0.05, 0) is 34.8 Å². The van der Waals surface area contributed by atoms with Gasteiger partial charge in [-0.15, -0.1) is 0 Å². The van der Waals surface area contributed by atoms with Crippen LogP contribution >= 0.6 is 15.9 Å². The number of halogens is 3. The molecule has 2 rings (SSSR count). The van der Waals surface area contributed by atoms with Crippen LogP contribution in [0.5, 0.6) is 0 Å². The third kappa shape index (κ3) is 3.87. The first-order valence-electron chi connectivity index (χ1n) is 5.87. The lowest BCUT2D eigenvalue weighted by Gasteiger charge is -2.12. The zero-order valence-corrected chi connectivity index (χ0v) is 11.6. The minimum absolute atomic E-state index is 0.00977. The largest absolute Gasteiger partial charge is 0.376 e. The average Bonchev–Trinajstić information content (AvgIpc) is 2.86. The first-order chi connectivity index (χ1) is 9.06. The molecule has 1 atom stereocenters. The Morgan fingerprint density at radius 1 is 1.42 bits per heavy atom. The fourth-order valence-corrected chi connectivity index (χ4v) is 2.14. The van der Waals surface area contributed by atoms with Crippen molar-refractivity contribution in [2.24, 2.45) is 0 Å². The van der Waals surface area contributed by atoms with E-state index in [1.165, 1.54) is 6.07 Å². The number of hydrogen-bond acceptors (Lipinski definition) is 2. The van der Waals surface area contributed by atoms with E-state index >= 15 is 0 Å². The number of benzene rings is 1. The van der Waals surface area contributed by atoms with Crippen LogP contribution in [0.25, 0.3) is 0 Å². The van der Waals surface area contributed by atoms with Crippen molar-refractivity contribution < 1.29 is 18.3 Å². The van der Waals surface area contributed by atoms with Gasteiger partial charge in [0.05, 0.1) is 16.3 Å². The zero-order chi connectivity index (χ0) is 13.8. The molecule has 0 bridgehead atoms. The number of amides is 2. The lowest BCUT2D eigenvalue weighted by molar-refractivity contribution is 0.112. The van der Waals surface area contributed by atoms with E-state index in [0.29, 0.717) is 19.2 Å². The highest BCUT2D eigenvalue weighted by molar-refractivity contribution is 9.10. The van der Waals surface area contributed by atoms with Crippen molar-refractivity contribution in [3.63, 3.8) is 0 Å². The molecule has 0 spiro atoms. The van der Waals surface area contributed by atoms with Crippen molar-refractivity contribution in [3.05, 3.63) is 28.2 Å². The molecule has 0 radical (unpaired) electrons. The molecule has 1 fully saturated rings. The SMILES string of the molecule is O=C(NC[C@H]1CCCO1)Nc1cc(Br)c(F)cc1F. The summed E-state index contributed by atoms with van der Waals surface area (Å²) in [7, 11) is 0. The summed E-state index contributed by atoms with van der Waals surface area (Å²) < 4.78 is 31.8. The minimum atomic E-state index is -0.826. The van der Waals surface area contributed by atoms with Crippen LogP contribution in [-0.4, -0.2) is 25.3 Å². The fraction of sp³-hybridized carbons (Fsp3) is 0.417. The summed E-state index contributed by atoms with van der Waals surface area (Å²) in [6, 6.07) is 1.34. The van der Waals surface area contributed by atoms with E-state index in [1.807, 2.05) is 0 Å². The Labute approximate surface area is 117 Å². The van der Waals surface area contributed by atoms with Crippen molar-refractivity contribution in [2.75, 3.05) is 18.5 Å². The summed E-state index contributed by atoms with van der Waals surface area (Å²) in [5, 5.41) is 4.91. The lowest BCUT2D eigenvalue weighted by Crippen LogP contribution is -2.35. The second kappa shape index (κ2) is 6.29. The molecule has 0 unspecified atom stereocenters. The molecule has 0 aliphatic carbocycles. The van der Waals surface area contributed by atoms with Gasteiger partial charge in [-0.3, -0.25) is 0 Å². The smallest absolute Gasteiger partial charge is 0.319 e. The molecule has 7 heteroatoms. The Hall–Kier alpha value is -1.21. The zero-order valence-electron chi connectivity index (χ0n) is 10.0. The van der Waals surface area contributed by atoms with Gasteiger partial charge in [0.1, 0.15) is 11.6 Å². The van der Waals surface area contributed by atoms with Crippen LogP contribution in [0.3, 0.4) is 0 Å². The summed E-state index contributed by atoms with van der Waals surface area (Å²) in [6.45, 7) is 1.07. The summed E-state index contributed by atoms with van der Waals surface area (Å²) in [6.07, 6.45) is 1.89. The third-order valence-electron chi connectivity index (χ3n) is 2.77. The molecule has 1 heterocycles.